The number of hydrogen-bond donors (Lipinski definition) is 1. The number of halogens is 1. The first-order valence-electron chi connectivity index (χ1n) is 18.5. The number of hydrogen-bond acceptors (Lipinski definition) is 14. The molecule has 0 radical (unpaired) electrons. The molecule has 2 aromatic heterocycles. The molecule has 328 valence electrons. The Bertz CT molecular complexity index is 2210. The Balaban J connectivity index is 0.000000338. The summed E-state index contributed by atoms with van der Waals surface area (Å²) in [6, 6.07) is 6.85. The lowest BCUT2D eigenvalue weighted by Crippen LogP contribution is -2.46. The van der Waals surface area contributed by atoms with Crippen molar-refractivity contribution in [1.29, 1.82) is 0 Å². The van der Waals surface area contributed by atoms with E-state index in [1.54, 1.807) is 13.8 Å². The number of aromatic nitrogens is 8. The van der Waals surface area contributed by atoms with Crippen LogP contribution in [0.2, 0.25) is 36.3 Å². The minimum absolute atomic E-state index is 0.0501. The Kier molecular flexibility index (Phi) is 15.7. The van der Waals surface area contributed by atoms with Crippen molar-refractivity contribution in [3.05, 3.63) is 83.4 Å². The molecule has 59 heavy (non-hydrogen) atoms. The molecule has 20 nitrogen and oxygen atoms in total. The Morgan fingerprint density at radius 1 is 0.678 bits per heavy atom. The molecule has 0 saturated carbocycles. The van der Waals surface area contributed by atoms with Crippen molar-refractivity contribution in [1.82, 2.24) is 39.6 Å². The Hall–Kier alpha value is -4.98. The zero-order valence-electron chi connectivity index (χ0n) is 36.8. The van der Waals surface area contributed by atoms with Gasteiger partial charge in [-0.05, 0) is 96.9 Å². The van der Waals surface area contributed by atoms with Crippen molar-refractivity contribution in [2.45, 2.75) is 117 Å². The highest BCUT2D eigenvalue weighted by Crippen LogP contribution is 2.38. The molecule has 0 atom stereocenters. The highest BCUT2D eigenvalue weighted by molar-refractivity contribution is 6.74. The molecule has 4 rings (SSSR count). The van der Waals surface area contributed by atoms with E-state index in [9.17, 15) is 39.3 Å². The van der Waals surface area contributed by atoms with Crippen LogP contribution in [0.5, 0.6) is 5.75 Å². The number of benzene rings is 2. The second-order valence-corrected chi connectivity index (χ2v) is 27.8. The summed E-state index contributed by atoms with van der Waals surface area (Å²) in [6.45, 7) is 29.8. The molecule has 0 aliphatic rings. The van der Waals surface area contributed by atoms with Gasteiger partial charge in [0.1, 0.15) is 28.5 Å². The van der Waals surface area contributed by atoms with Gasteiger partial charge in [-0.25, -0.2) is 14.0 Å². The quantitative estimate of drug-likeness (QED) is 0.0999. The van der Waals surface area contributed by atoms with E-state index in [2.05, 4.69) is 88.6 Å². The molecule has 0 aliphatic heterocycles. The summed E-state index contributed by atoms with van der Waals surface area (Å²) in [5.41, 5.74) is -3.36. The van der Waals surface area contributed by atoms with Crippen LogP contribution in [0.1, 0.15) is 69.2 Å². The van der Waals surface area contributed by atoms with Crippen LogP contribution in [0.15, 0.2) is 46.0 Å². The van der Waals surface area contributed by atoms with Crippen LogP contribution >= 0.6 is 0 Å². The lowest BCUT2D eigenvalue weighted by Gasteiger charge is -2.39. The second kappa shape index (κ2) is 18.5. The lowest BCUT2D eigenvalue weighted by atomic mass is 10.1. The number of tetrazole rings is 2. The molecule has 2 aromatic carbocycles. The van der Waals surface area contributed by atoms with E-state index in [4.69, 9.17) is 13.6 Å². The van der Waals surface area contributed by atoms with Crippen molar-refractivity contribution in [3.63, 3.8) is 0 Å². The molecule has 1 N–H and O–H groups in total. The highest BCUT2D eigenvalue weighted by atomic mass is 28.4. The van der Waals surface area contributed by atoms with Gasteiger partial charge in [-0.1, -0.05) is 41.5 Å². The molecular weight excluding hydrogens is 808 g/mol. The number of rotatable bonds is 12. The smallest absolute Gasteiger partial charge is 0.368 e. The van der Waals surface area contributed by atoms with Gasteiger partial charge in [0.15, 0.2) is 16.6 Å². The minimum Gasteiger partial charge on any atom is -0.483 e. The fourth-order valence-electron chi connectivity index (χ4n) is 4.05. The van der Waals surface area contributed by atoms with Gasteiger partial charge >= 0.3 is 11.4 Å². The van der Waals surface area contributed by atoms with E-state index in [0.717, 1.165) is 32.2 Å². The maximum absolute atomic E-state index is 13.4. The first-order valence-corrected chi connectivity index (χ1v) is 24.3. The molecule has 0 aliphatic carbocycles. The molecule has 23 heteroatoms. The largest absolute Gasteiger partial charge is 0.483 e. The zero-order chi connectivity index (χ0) is 45.7. The van der Waals surface area contributed by atoms with E-state index in [1.165, 1.54) is 32.3 Å². The normalized spacial score (nSPS) is 12.6. The van der Waals surface area contributed by atoms with Crippen LogP contribution in [-0.2, 0) is 22.9 Å². The predicted octanol–water partition coefficient (Wildman–Crippen LogP) is 5.85. The first-order chi connectivity index (χ1) is 26.6. The average Bonchev–Trinajstić information content (AvgIpc) is 3.61. The number of nitro benzene ring substituents is 2. The van der Waals surface area contributed by atoms with Crippen molar-refractivity contribution in [3.8, 4) is 17.1 Å². The zero-order valence-corrected chi connectivity index (χ0v) is 38.8. The third kappa shape index (κ3) is 13.8. The molecule has 0 saturated heterocycles. The van der Waals surface area contributed by atoms with Gasteiger partial charge in [0, 0.05) is 38.4 Å². The van der Waals surface area contributed by atoms with Crippen LogP contribution in [0.25, 0.3) is 11.4 Å². The van der Waals surface area contributed by atoms with Gasteiger partial charge < -0.3 is 18.7 Å². The summed E-state index contributed by atoms with van der Waals surface area (Å²) in [6.07, 6.45) is 0. The molecule has 0 unspecified atom stereocenters. The number of aliphatic hydroxyl groups is 1. The Labute approximate surface area is 344 Å². The first kappa shape index (κ1) is 50.2. The van der Waals surface area contributed by atoms with Crippen LogP contribution in [0.4, 0.5) is 15.8 Å². The van der Waals surface area contributed by atoms with Crippen LogP contribution in [-0.4, -0.2) is 95.6 Å². The number of ether oxygens (including phenoxy) is 1. The van der Waals surface area contributed by atoms with Gasteiger partial charge in [-0.15, -0.1) is 0 Å². The molecule has 0 amide bonds. The number of nitrogens with zero attached hydrogens (tertiary/aromatic N) is 10. The van der Waals surface area contributed by atoms with Gasteiger partial charge in [-0.3, -0.25) is 20.2 Å². The number of aryl methyl sites for hydroxylation is 2. The fourth-order valence-corrected chi connectivity index (χ4v) is 6.34. The maximum atomic E-state index is 13.4. The summed E-state index contributed by atoms with van der Waals surface area (Å²) in [5, 5.41) is 45.8. The third-order valence-corrected chi connectivity index (χ3v) is 18.7. The van der Waals surface area contributed by atoms with Crippen molar-refractivity contribution < 1.29 is 32.9 Å². The lowest BCUT2D eigenvalue weighted by molar-refractivity contribution is -0.385. The van der Waals surface area contributed by atoms with Crippen molar-refractivity contribution in [2.24, 2.45) is 14.1 Å². The Morgan fingerprint density at radius 3 is 1.44 bits per heavy atom. The SMILES string of the molecule is CC(C)(O)CO[Si](C)(C)C(C)(C)C.Cn1nnn(-c2cc([N+](=O)[O-])ccc2F)c1=O.Cn1nnn(-c2cc([N+](=O)[O-])ccc2OC(C)(C)CO[Si](C)(C)C(C)(C)C)c1=O. The topological polar surface area (TPSA) is 240 Å². The van der Waals surface area contributed by atoms with Crippen LogP contribution in [0.3, 0.4) is 0 Å². The number of non-ortho nitro benzene ring substituents is 2. The predicted molar refractivity (Wildman–Crippen MR) is 224 cm³/mol. The minimum atomic E-state index is -1.99. The summed E-state index contributed by atoms with van der Waals surface area (Å²) in [7, 11) is -0.884. The fraction of sp³-hybridized carbons (Fsp3) is 0.611. The second-order valence-electron chi connectivity index (χ2n) is 18.2. The summed E-state index contributed by atoms with van der Waals surface area (Å²) in [5.74, 6) is -0.514. The molecule has 0 spiro atoms. The van der Waals surface area contributed by atoms with Crippen molar-refractivity contribution >= 4 is 28.0 Å². The number of nitro groups is 2. The molecular formula is C36H59FN10O10Si2. The van der Waals surface area contributed by atoms with E-state index in [-0.39, 0.29) is 38.6 Å². The van der Waals surface area contributed by atoms with Gasteiger partial charge in [0.05, 0.1) is 28.7 Å². The standard InChI is InChI=1S/C18H29N5O5Si.C10H24O2Si.C8H6FN5O3/c1-17(2,3)29(7,8)27-12-18(4,5)28-15-10-9-13(23(25)26)11-14(15)22-16(24)21(6)19-20-22;1-9(2,3)13(6,7)12-8-10(4,5)11;1-12-8(15)13(11-10-12)7-4-5(14(16)17)2-3-6(7)9/h9-11H,12H2,1-8H3;11H,8H2,1-7H3;2-4H,1H3. The summed E-state index contributed by atoms with van der Waals surface area (Å²) >= 11 is 0. The van der Waals surface area contributed by atoms with Gasteiger partial charge in [0.25, 0.3) is 11.4 Å². The van der Waals surface area contributed by atoms with E-state index >= 15 is 0 Å². The highest BCUT2D eigenvalue weighted by Gasteiger charge is 2.40. The van der Waals surface area contributed by atoms with E-state index in [1.807, 2.05) is 13.8 Å². The Morgan fingerprint density at radius 2 is 1.07 bits per heavy atom. The van der Waals surface area contributed by atoms with Crippen LogP contribution in [0, 0.1) is 26.0 Å². The molecule has 2 heterocycles. The van der Waals surface area contributed by atoms with Crippen molar-refractivity contribution in [2.75, 3.05) is 13.2 Å². The average molecular weight is 867 g/mol. The van der Waals surface area contributed by atoms with E-state index in [0.29, 0.717) is 17.9 Å². The molecule has 0 fully saturated rings. The molecule has 0 bridgehead atoms. The van der Waals surface area contributed by atoms with E-state index < -0.39 is 54.9 Å². The van der Waals surface area contributed by atoms with Gasteiger partial charge in [-0.2, -0.15) is 18.7 Å². The maximum Gasteiger partial charge on any atom is 0.368 e. The van der Waals surface area contributed by atoms with Crippen LogP contribution < -0.4 is 16.1 Å². The molecule has 4 aromatic rings. The van der Waals surface area contributed by atoms with Gasteiger partial charge in [0.2, 0.25) is 0 Å². The third-order valence-electron chi connectivity index (χ3n) is 9.76. The summed E-state index contributed by atoms with van der Waals surface area (Å²) < 4.78 is 35.3. The monoisotopic (exact) mass is 866 g/mol. The summed E-state index contributed by atoms with van der Waals surface area (Å²) in [4.78, 5) is 44.3.